The molecular formula is C11H8F2N2O. The molecule has 0 bridgehead atoms. The van der Waals surface area contributed by atoms with Gasteiger partial charge in [-0.25, -0.2) is 8.78 Å². The second-order valence-electron chi connectivity index (χ2n) is 3.15. The molecule has 0 aliphatic rings. The molecule has 0 aliphatic carbocycles. The van der Waals surface area contributed by atoms with Gasteiger partial charge < -0.3 is 0 Å². The number of alkyl halides is 2. The minimum atomic E-state index is -2.60. The van der Waals surface area contributed by atoms with E-state index < -0.39 is 6.43 Å². The predicted octanol–water partition coefficient (Wildman–Crippen LogP) is 2.17. The Kier molecular flexibility index (Phi) is 2.76. The molecule has 0 saturated carbocycles. The van der Waals surface area contributed by atoms with Crippen molar-refractivity contribution in [1.82, 2.24) is 9.55 Å². The van der Waals surface area contributed by atoms with Gasteiger partial charge in [-0.2, -0.15) is 0 Å². The van der Waals surface area contributed by atoms with Gasteiger partial charge in [-0.15, -0.1) is 0 Å². The summed E-state index contributed by atoms with van der Waals surface area (Å²) in [5, 5.41) is 0. The number of nitrogens with zero attached hydrogens (tertiary/aromatic N) is 2. The quantitative estimate of drug-likeness (QED) is 0.780. The van der Waals surface area contributed by atoms with Crippen LogP contribution in [0.1, 0.15) is 12.1 Å². The number of rotatable bonds is 2. The highest BCUT2D eigenvalue weighted by molar-refractivity contribution is 5.30. The van der Waals surface area contributed by atoms with Crippen LogP contribution in [0.2, 0.25) is 0 Å². The molecule has 2 rings (SSSR count). The first-order valence-electron chi connectivity index (χ1n) is 4.60. The SMILES string of the molecule is O=c1ccccn1-c1ccc(C(F)F)nc1. The van der Waals surface area contributed by atoms with Gasteiger partial charge in [0.25, 0.3) is 12.0 Å². The molecule has 2 aromatic rings. The molecule has 5 heteroatoms. The largest absolute Gasteiger partial charge is 0.283 e. The minimum absolute atomic E-state index is 0.228. The van der Waals surface area contributed by atoms with Crippen LogP contribution < -0.4 is 5.56 Å². The van der Waals surface area contributed by atoms with E-state index in [0.717, 1.165) is 0 Å². The van der Waals surface area contributed by atoms with E-state index in [0.29, 0.717) is 5.69 Å². The fourth-order valence-electron chi connectivity index (χ4n) is 1.31. The molecule has 3 nitrogen and oxygen atoms in total. The molecular weight excluding hydrogens is 214 g/mol. The van der Waals surface area contributed by atoms with Gasteiger partial charge in [-0.1, -0.05) is 6.07 Å². The Morgan fingerprint density at radius 3 is 2.56 bits per heavy atom. The Hall–Kier alpha value is -2.04. The first-order chi connectivity index (χ1) is 7.68. The molecule has 0 aromatic carbocycles. The van der Waals surface area contributed by atoms with Crippen molar-refractivity contribution >= 4 is 0 Å². The van der Waals surface area contributed by atoms with Gasteiger partial charge >= 0.3 is 0 Å². The minimum Gasteiger partial charge on any atom is -0.283 e. The van der Waals surface area contributed by atoms with Crippen LogP contribution in [0.3, 0.4) is 0 Å². The Morgan fingerprint density at radius 2 is 2.00 bits per heavy atom. The Bertz CT molecular complexity index is 534. The predicted molar refractivity (Wildman–Crippen MR) is 54.8 cm³/mol. The van der Waals surface area contributed by atoms with Crippen molar-refractivity contribution in [3.8, 4) is 5.69 Å². The average molecular weight is 222 g/mol. The van der Waals surface area contributed by atoms with Crippen LogP contribution in [-0.4, -0.2) is 9.55 Å². The van der Waals surface area contributed by atoms with Gasteiger partial charge in [0, 0.05) is 12.3 Å². The highest BCUT2D eigenvalue weighted by atomic mass is 19.3. The third kappa shape index (κ3) is 1.98. The molecule has 0 fully saturated rings. The zero-order valence-corrected chi connectivity index (χ0v) is 8.18. The van der Waals surface area contributed by atoms with E-state index in [2.05, 4.69) is 4.98 Å². The molecule has 0 N–H and O–H groups in total. The average Bonchev–Trinajstić information content (AvgIpc) is 2.30. The fourth-order valence-corrected chi connectivity index (χ4v) is 1.31. The normalized spacial score (nSPS) is 10.7. The van der Waals surface area contributed by atoms with Crippen molar-refractivity contribution in [1.29, 1.82) is 0 Å². The van der Waals surface area contributed by atoms with Crippen LogP contribution in [0.15, 0.2) is 47.5 Å². The fraction of sp³-hybridized carbons (Fsp3) is 0.0909. The van der Waals surface area contributed by atoms with Crippen molar-refractivity contribution in [3.63, 3.8) is 0 Å². The summed E-state index contributed by atoms with van der Waals surface area (Å²) in [6.45, 7) is 0. The van der Waals surface area contributed by atoms with Crippen LogP contribution in [0.25, 0.3) is 5.69 Å². The lowest BCUT2D eigenvalue weighted by Crippen LogP contribution is -2.15. The molecule has 0 unspecified atom stereocenters. The van der Waals surface area contributed by atoms with Gasteiger partial charge in [0.05, 0.1) is 11.9 Å². The lowest BCUT2D eigenvalue weighted by molar-refractivity contribution is 0.146. The van der Waals surface area contributed by atoms with Crippen molar-refractivity contribution in [3.05, 3.63) is 58.8 Å². The van der Waals surface area contributed by atoms with E-state index in [1.165, 1.54) is 29.0 Å². The number of halogens is 2. The number of hydrogen-bond donors (Lipinski definition) is 0. The smallest absolute Gasteiger partial charge is 0.280 e. The Labute approximate surface area is 90.0 Å². The van der Waals surface area contributed by atoms with E-state index in [9.17, 15) is 13.6 Å². The molecule has 82 valence electrons. The van der Waals surface area contributed by atoms with E-state index in [4.69, 9.17) is 0 Å². The zero-order valence-electron chi connectivity index (χ0n) is 8.18. The first kappa shape index (κ1) is 10.5. The summed E-state index contributed by atoms with van der Waals surface area (Å²) in [6, 6.07) is 7.33. The van der Waals surface area contributed by atoms with Crippen molar-refractivity contribution in [2.24, 2.45) is 0 Å². The Balaban J connectivity index is 2.43. The van der Waals surface area contributed by atoms with Gasteiger partial charge in [0.1, 0.15) is 5.69 Å². The van der Waals surface area contributed by atoms with Crippen LogP contribution >= 0.6 is 0 Å². The standard InChI is InChI=1S/C11H8F2N2O/c12-11(13)9-5-4-8(7-14-9)15-6-2-1-3-10(15)16/h1-7,11H. The monoisotopic (exact) mass is 222 g/mol. The molecule has 0 radical (unpaired) electrons. The van der Waals surface area contributed by atoms with Crippen LogP contribution in [0.5, 0.6) is 0 Å². The summed E-state index contributed by atoms with van der Waals surface area (Å²) in [6.07, 6.45) is 0.214. The molecule has 0 saturated heterocycles. The van der Waals surface area contributed by atoms with Crippen LogP contribution in [0, 0.1) is 0 Å². The molecule has 2 heterocycles. The van der Waals surface area contributed by atoms with Crippen molar-refractivity contribution in [2.75, 3.05) is 0 Å². The first-order valence-corrected chi connectivity index (χ1v) is 4.60. The highest BCUT2D eigenvalue weighted by Gasteiger charge is 2.08. The molecule has 16 heavy (non-hydrogen) atoms. The van der Waals surface area contributed by atoms with E-state index >= 15 is 0 Å². The third-order valence-corrected chi connectivity index (χ3v) is 2.09. The second kappa shape index (κ2) is 4.22. The van der Waals surface area contributed by atoms with E-state index in [1.807, 2.05) is 0 Å². The van der Waals surface area contributed by atoms with Crippen LogP contribution in [0.4, 0.5) is 8.78 Å². The molecule has 0 aliphatic heterocycles. The maximum Gasteiger partial charge on any atom is 0.280 e. The van der Waals surface area contributed by atoms with Gasteiger partial charge in [0.2, 0.25) is 0 Å². The summed E-state index contributed by atoms with van der Waals surface area (Å²) < 4.78 is 25.8. The maximum atomic E-state index is 12.2. The Morgan fingerprint density at radius 1 is 1.19 bits per heavy atom. The van der Waals surface area contributed by atoms with E-state index in [-0.39, 0.29) is 11.3 Å². The van der Waals surface area contributed by atoms with Crippen LogP contribution in [-0.2, 0) is 0 Å². The van der Waals surface area contributed by atoms with Crippen molar-refractivity contribution < 1.29 is 8.78 Å². The summed E-state index contributed by atoms with van der Waals surface area (Å²) >= 11 is 0. The summed E-state index contributed by atoms with van der Waals surface area (Å²) in [4.78, 5) is 15.0. The summed E-state index contributed by atoms with van der Waals surface area (Å²) in [5.74, 6) is 0. The number of hydrogen-bond acceptors (Lipinski definition) is 2. The van der Waals surface area contributed by atoms with E-state index in [1.54, 1.807) is 18.3 Å². The molecule has 0 atom stereocenters. The summed E-state index contributed by atoms with van der Waals surface area (Å²) in [7, 11) is 0. The number of pyridine rings is 2. The zero-order chi connectivity index (χ0) is 11.5. The third-order valence-electron chi connectivity index (χ3n) is 2.09. The van der Waals surface area contributed by atoms with Crippen molar-refractivity contribution in [2.45, 2.75) is 6.43 Å². The highest BCUT2D eigenvalue weighted by Crippen LogP contribution is 2.16. The number of aromatic nitrogens is 2. The molecule has 0 amide bonds. The second-order valence-corrected chi connectivity index (χ2v) is 3.15. The lowest BCUT2D eigenvalue weighted by Gasteiger charge is -2.05. The lowest BCUT2D eigenvalue weighted by atomic mass is 10.3. The molecule has 0 spiro atoms. The molecule has 2 aromatic heterocycles. The maximum absolute atomic E-state index is 12.2. The van der Waals surface area contributed by atoms with Gasteiger partial charge in [-0.3, -0.25) is 14.3 Å². The topological polar surface area (TPSA) is 34.9 Å². The van der Waals surface area contributed by atoms with Gasteiger partial charge in [0.15, 0.2) is 0 Å². The van der Waals surface area contributed by atoms with Gasteiger partial charge in [-0.05, 0) is 18.2 Å². The summed E-state index contributed by atoms with van der Waals surface area (Å²) in [5.41, 5.74) is -0.0585.